The topological polar surface area (TPSA) is 131 Å². The molecule has 0 atom stereocenters. The molecule has 5 aliphatic rings. The summed E-state index contributed by atoms with van der Waals surface area (Å²) in [7, 11) is 0. The van der Waals surface area contributed by atoms with Crippen molar-refractivity contribution < 1.29 is 14.6 Å². The first-order valence-electron chi connectivity index (χ1n) is 16.1. The van der Waals surface area contributed by atoms with Gasteiger partial charge in [-0.1, -0.05) is 23.5 Å². The molecule has 2 N–H and O–H groups in total. The highest BCUT2D eigenvalue weighted by Crippen LogP contribution is 2.60. The van der Waals surface area contributed by atoms with Crippen molar-refractivity contribution in [2.24, 2.45) is 23.2 Å². The Morgan fingerprint density at radius 3 is 2.52 bits per heavy atom. The number of nitrogens with zero attached hydrogens (tertiary/aromatic N) is 7. The van der Waals surface area contributed by atoms with Gasteiger partial charge in [-0.3, -0.25) is 4.68 Å². The second kappa shape index (κ2) is 10.5. The molecular weight excluding hydrogens is 600 g/mol. The van der Waals surface area contributed by atoms with E-state index in [1.54, 1.807) is 36.1 Å². The molecule has 11 nitrogen and oxygen atoms in total. The van der Waals surface area contributed by atoms with Crippen LogP contribution in [0.4, 0.5) is 22.6 Å². The summed E-state index contributed by atoms with van der Waals surface area (Å²) in [5.41, 5.74) is 3.60. The maximum absolute atomic E-state index is 12.8. The van der Waals surface area contributed by atoms with Crippen molar-refractivity contribution >= 4 is 50.1 Å². The van der Waals surface area contributed by atoms with Crippen LogP contribution < -0.4 is 15.0 Å². The highest BCUT2D eigenvalue weighted by Gasteiger charge is 2.51. The van der Waals surface area contributed by atoms with Crippen LogP contribution in [0.2, 0.25) is 0 Å². The van der Waals surface area contributed by atoms with Crippen molar-refractivity contribution in [3.05, 3.63) is 60.3 Å². The Labute approximate surface area is 269 Å². The van der Waals surface area contributed by atoms with Crippen molar-refractivity contribution in [2.75, 3.05) is 23.4 Å². The van der Waals surface area contributed by atoms with Gasteiger partial charge in [-0.05, 0) is 80.8 Å². The van der Waals surface area contributed by atoms with Gasteiger partial charge in [-0.2, -0.15) is 5.10 Å². The lowest BCUT2D eigenvalue weighted by atomic mass is 9.49. The van der Waals surface area contributed by atoms with E-state index in [9.17, 15) is 9.90 Å². The number of benzene rings is 1. The minimum absolute atomic E-state index is 0.0919. The Morgan fingerprint density at radius 2 is 1.80 bits per heavy atom. The molecule has 5 heterocycles. The van der Waals surface area contributed by atoms with Gasteiger partial charge in [0.25, 0.3) is 0 Å². The number of hydrogen-bond acceptors (Lipinski definition) is 10. The Bertz CT molecular complexity index is 1920. The third-order valence-electron chi connectivity index (χ3n) is 10.5. The molecule has 0 radical (unpaired) electrons. The van der Waals surface area contributed by atoms with Crippen LogP contribution in [0.25, 0.3) is 21.3 Å². The predicted octanol–water partition coefficient (Wildman–Crippen LogP) is 6.84. The fourth-order valence-corrected chi connectivity index (χ4v) is 9.90. The smallest absolute Gasteiger partial charge is 0.340 e. The number of fused-ring (bicyclic) bond motifs is 2. The molecule has 0 spiro atoms. The van der Waals surface area contributed by atoms with Gasteiger partial charge in [-0.25, -0.2) is 24.7 Å². The Morgan fingerprint density at radius 1 is 1.02 bits per heavy atom. The van der Waals surface area contributed by atoms with E-state index in [-0.39, 0.29) is 17.9 Å². The van der Waals surface area contributed by atoms with Gasteiger partial charge in [0.15, 0.2) is 28.3 Å². The van der Waals surface area contributed by atoms with E-state index in [4.69, 9.17) is 14.8 Å². The molecule has 10 rings (SSSR count). The quantitative estimate of drug-likeness (QED) is 0.196. The summed E-state index contributed by atoms with van der Waals surface area (Å²) in [6, 6.07) is 7.96. The van der Waals surface area contributed by atoms with Crippen LogP contribution in [0, 0.1) is 30.1 Å². The van der Waals surface area contributed by atoms with Crippen LogP contribution in [0.3, 0.4) is 0 Å². The number of para-hydroxylation sites is 1. The van der Waals surface area contributed by atoms with Crippen LogP contribution in [0.5, 0.6) is 5.75 Å². The van der Waals surface area contributed by atoms with E-state index in [2.05, 4.69) is 25.0 Å². The minimum atomic E-state index is -1.06. The lowest BCUT2D eigenvalue weighted by Crippen LogP contribution is -2.48. The van der Waals surface area contributed by atoms with Gasteiger partial charge in [-0.15, -0.1) is 0 Å². The third kappa shape index (κ3) is 4.60. The highest BCUT2D eigenvalue weighted by molar-refractivity contribution is 7.22. The first-order valence-corrected chi connectivity index (χ1v) is 16.9. The van der Waals surface area contributed by atoms with E-state index in [0.717, 1.165) is 50.9 Å². The average molecular weight is 635 g/mol. The van der Waals surface area contributed by atoms with Crippen molar-refractivity contribution in [3.8, 4) is 16.9 Å². The van der Waals surface area contributed by atoms with Crippen molar-refractivity contribution in [1.82, 2.24) is 29.7 Å². The molecule has 4 aliphatic carbocycles. The number of carboxylic acid groups (broad SMARTS) is 1. The van der Waals surface area contributed by atoms with E-state index < -0.39 is 5.97 Å². The summed E-state index contributed by atoms with van der Waals surface area (Å²) in [5.74, 6) is 3.28. The van der Waals surface area contributed by atoms with Gasteiger partial charge < -0.3 is 20.1 Å². The number of nitrogens with one attached hydrogen (secondary N) is 1. The van der Waals surface area contributed by atoms with Gasteiger partial charge in [0.2, 0.25) is 0 Å². The van der Waals surface area contributed by atoms with Crippen LogP contribution in [0.15, 0.2) is 49.1 Å². The normalized spacial score (nSPS) is 24.6. The molecule has 0 saturated heterocycles. The number of carboxylic acids is 1. The molecule has 5 aromatic rings. The fourth-order valence-electron chi connectivity index (χ4n) is 9.03. The minimum Gasteiger partial charge on any atom is -0.487 e. The third-order valence-corrected chi connectivity index (χ3v) is 11.5. The van der Waals surface area contributed by atoms with Gasteiger partial charge in [0, 0.05) is 29.6 Å². The van der Waals surface area contributed by atoms with Gasteiger partial charge in [0.05, 0.1) is 35.4 Å². The monoisotopic (exact) mass is 634 g/mol. The Balaban J connectivity index is 0.997. The number of carbonyl (C=O) groups is 1. The Kier molecular flexibility index (Phi) is 6.31. The van der Waals surface area contributed by atoms with Crippen LogP contribution >= 0.6 is 11.3 Å². The second-order valence-electron chi connectivity index (χ2n) is 13.6. The number of thiazole rings is 1. The predicted molar refractivity (Wildman–Crippen MR) is 175 cm³/mol. The number of pyridine rings is 1. The molecule has 0 unspecified atom stereocenters. The van der Waals surface area contributed by atoms with Crippen molar-refractivity contribution in [1.29, 1.82) is 0 Å². The molecule has 4 saturated carbocycles. The SMILES string of the molecule is Cc1c(-c2cnc3c(c2C(=O)O)OCCN3c2cnc(Nc3nc4ccccc4s3)cn2)cnn1CC12CC3CC(CC(C3)C1)C2. The first kappa shape index (κ1) is 27.7. The summed E-state index contributed by atoms with van der Waals surface area (Å²) >= 11 is 1.55. The van der Waals surface area contributed by atoms with E-state index in [1.165, 1.54) is 38.5 Å². The summed E-state index contributed by atoms with van der Waals surface area (Å²) in [4.78, 5) is 33.2. The first-order chi connectivity index (χ1) is 22.4. The van der Waals surface area contributed by atoms with E-state index in [0.29, 0.717) is 35.0 Å². The number of anilines is 4. The average Bonchev–Trinajstić information content (AvgIpc) is 3.61. The van der Waals surface area contributed by atoms with Crippen molar-refractivity contribution in [3.63, 3.8) is 0 Å². The molecule has 4 bridgehead atoms. The molecule has 1 aromatic carbocycles. The summed E-state index contributed by atoms with van der Waals surface area (Å²) < 4.78 is 9.22. The summed E-state index contributed by atoms with van der Waals surface area (Å²) in [6.07, 6.45) is 14.8. The molecule has 234 valence electrons. The standard InChI is InChI=1S/C34H34N8O3S/c1-19-23(15-38-42(19)18-34-11-20-8-21(12-34)10-22(9-20)13-34)24-14-37-31-30(29(24)32(43)44)45-7-6-41(31)28-17-35-27(16-36-28)40-33-39-25-4-2-3-5-26(25)46-33/h2-5,14-17,20-22H,6-13,18H2,1H3,(H,43,44)(H,35,39,40). The molecule has 4 aromatic heterocycles. The van der Waals surface area contributed by atoms with E-state index in [1.807, 2.05) is 36.1 Å². The van der Waals surface area contributed by atoms with Crippen LogP contribution in [-0.2, 0) is 6.54 Å². The maximum atomic E-state index is 12.8. The zero-order chi connectivity index (χ0) is 31.0. The second-order valence-corrected chi connectivity index (χ2v) is 14.6. The fraction of sp³-hybridized carbons (Fsp3) is 0.412. The van der Waals surface area contributed by atoms with Crippen LogP contribution in [0.1, 0.15) is 54.6 Å². The molecular formula is C34H34N8O3S. The number of aromatic carboxylic acids is 1. The Hall–Kier alpha value is -4.58. The lowest BCUT2D eigenvalue weighted by molar-refractivity contribution is -0.0638. The summed E-state index contributed by atoms with van der Waals surface area (Å²) in [5, 5.41) is 19.3. The summed E-state index contributed by atoms with van der Waals surface area (Å²) in [6.45, 7) is 3.69. The zero-order valence-corrected chi connectivity index (χ0v) is 26.3. The largest absolute Gasteiger partial charge is 0.487 e. The van der Waals surface area contributed by atoms with Crippen LogP contribution in [-0.4, -0.2) is 53.9 Å². The van der Waals surface area contributed by atoms with Crippen molar-refractivity contribution in [2.45, 2.75) is 52.0 Å². The van der Waals surface area contributed by atoms with Gasteiger partial charge in [0.1, 0.15) is 12.2 Å². The molecule has 46 heavy (non-hydrogen) atoms. The maximum Gasteiger partial charge on any atom is 0.340 e. The number of rotatable bonds is 7. The van der Waals surface area contributed by atoms with Gasteiger partial charge >= 0.3 is 5.97 Å². The molecule has 1 aliphatic heterocycles. The lowest BCUT2D eigenvalue weighted by Gasteiger charge is -2.56. The zero-order valence-electron chi connectivity index (χ0n) is 25.5. The number of hydrogen-bond donors (Lipinski definition) is 2. The number of ether oxygens (including phenoxy) is 1. The molecule has 12 heteroatoms. The molecule has 0 amide bonds. The van der Waals surface area contributed by atoms with E-state index >= 15 is 0 Å². The highest BCUT2D eigenvalue weighted by atomic mass is 32.1. The molecule has 4 fully saturated rings. The number of aromatic nitrogens is 6.